The van der Waals surface area contributed by atoms with Gasteiger partial charge in [0.2, 0.25) is 0 Å². The van der Waals surface area contributed by atoms with Crippen LogP contribution in [-0.4, -0.2) is 0 Å². The topological polar surface area (TPSA) is 12.4 Å². The molecule has 0 saturated heterocycles. The molecule has 11 heavy (non-hydrogen) atoms. The van der Waals surface area contributed by atoms with Gasteiger partial charge in [0.1, 0.15) is 0 Å². The maximum absolute atomic E-state index is 4.15. The van der Waals surface area contributed by atoms with Crippen LogP contribution in [0.3, 0.4) is 0 Å². The number of hydrogen-bond donors (Lipinski definition) is 0. The molecule has 0 aliphatic rings. The molecule has 0 amide bonds. The molecule has 0 N–H and O–H groups in total. The molecule has 0 spiro atoms. The molecule has 0 atom stereocenters. The standard InChI is InChI=1S/C9H11N.V/c1-6-4-7(2)9(10)8(3)5-6;/h4-5H,1-3H3;/q;+2. The van der Waals surface area contributed by atoms with E-state index in [1.54, 1.807) is 0 Å². The first kappa shape index (κ1) is 8.70. The molecule has 1 aromatic rings. The Morgan fingerprint density at radius 2 is 1.55 bits per heavy atom. The van der Waals surface area contributed by atoms with E-state index in [0.717, 1.165) is 5.69 Å². The van der Waals surface area contributed by atoms with Gasteiger partial charge in [0.25, 0.3) is 0 Å². The molecule has 1 aromatic carbocycles. The van der Waals surface area contributed by atoms with E-state index in [9.17, 15) is 0 Å². The summed E-state index contributed by atoms with van der Waals surface area (Å²) in [6, 6.07) is 4.30. The maximum atomic E-state index is 4.15. The first-order valence-electron chi connectivity index (χ1n) is 3.58. The van der Waals surface area contributed by atoms with Crippen molar-refractivity contribution >= 4 is 5.69 Å². The second-order valence-corrected chi connectivity index (χ2v) is 3.16. The first-order chi connectivity index (χ1) is 5.15. The average Bonchev–Trinajstić information content (AvgIpc) is 1.85. The van der Waals surface area contributed by atoms with E-state index in [0.29, 0.717) is 0 Å². The van der Waals surface area contributed by atoms with Crippen molar-refractivity contribution in [1.29, 1.82) is 0 Å². The molecule has 2 heteroatoms. The molecule has 0 aliphatic heterocycles. The molecule has 0 radical (unpaired) electrons. The van der Waals surface area contributed by atoms with E-state index in [4.69, 9.17) is 0 Å². The summed E-state index contributed by atoms with van der Waals surface area (Å²) in [7, 11) is 0. The molecule has 1 rings (SSSR count). The normalized spacial score (nSPS) is 9.91. The van der Waals surface area contributed by atoms with Gasteiger partial charge in [0, 0.05) is 0 Å². The van der Waals surface area contributed by atoms with E-state index < -0.39 is 0 Å². The Kier molecular flexibility index (Phi) is 2.64. The zero-order valence-electron chi connectivity index (χ0n) is 7.05. The monoisotopic (exact) mass is 184 g/mol. The Balaban J connectivity index is 3.36. The summed E-state index contributed by atoms with van der Waals surface area (Å²) < 4.78 is 4.15. The molecule has 0 aliphatic carbocycles. The van der Waals surface area contributed by atoms with Crippen molar-refractivity contribution in [3.8, 4) is 0 Å². The molecule has 0 saturated carbocycles. The van der Waals surface area contributed by atoms with Crippen LogP contribution in [-0.2, 0) is 17.2 Å². The van der Waals surface area contributed by atoms with Crippen LogP contribution in [0.25, 0.3) is 0 Å². The second kappa shape index (κ2) is 3.33. The van der Waals surface area contributed by atoms with E-state index in [1.807, 2.05) is 0 Å². The van der Waals surface area contributed by atoms with Crippen LogP contribution in [0.4, 0.5) is 5.69 Å². The van der Waals surface area contributed by atoms with Crippen LogP contribution in [0.1, 0.15) is 16.7 Å². The van der Waals surface area contributed by atoms with Crippen LogP contribution in [0.15, 0.2) is 15.9 Å². The van der Waals surface area contributed by atoms with Crippen molar-refractivity contribution in [2.75, 3.05) is 0 Å². The molecule has 0 fully saturated rings. The van der Waals surface area contributed by atoms with E-state index in [-0.39, 0.29) is 0 Å². The summed E-state index contributed by atoms with van der Waals surface area (Å²) in [6.45, 7) is 6.28. The quantitative estimate of drug-likeness (QED) is 0.636. The first-order valence-corrected chi connectivity index (χ1v) is 4.20. The van der Waals surface area contributed by atoms with Crippen LogP contribution in [0.5, 0.6) is 0 Å². The summed E-state index contributed by atoms with van der Waals surface area (Å²) >= 11 is 2.26. The number of benzene rings is 1. The van der Waals surface area contributed by atoms with Gasteiger partial charge in [0.15, 0.2) is 0 Å². The molecule has 0 aromatic heterocycles. The van der Waals surface area contributed by atoms with Crippen molar-refractivity contribution < 1.29 is 17.2 Å². The second-order valence-electron chi connectivity index (χ2n) is 2.85. The number of aryl methyl sites for hydroxylation is 3. The van der Waals surface area contributed by atoms with Gasteiger partial charge >= 0.3 is 76.3 Å². The Morgan fingerprint density at radius 1 is 1.09 bits per heavy atom. The van der Waals surface area contributed by atoms with Gasteiger partial charge in [-0.15, -0.1) is 0 Å². The fourth-order valence-electron chi connectivity index (χ4n) is 1.33. The van der Waals surface area contributed by atoms with E-state index in [2.05, 4.69) is 53.9 Å². The third-order valence-corrected chi connectivity index (χ3v) is 2.05. The predicted octanol–water partition coefficient (Wildman–Crippen LogP) is 2.97. The molecular formula is C9H11NV+2. The molecule has 55 valence electrons. The van der Waals surface area contributed by atoms with Crippen LogP contribution < -0.4 is 0 Å². The molecule has 0 bridgehead atoms. The van der Waals surface area contributed by atoms with E-state index >= 15 is 0 Å². The van der Waals surface area contributed by atoms with E-state index in [1.165, 1.54) is 16.7 Å². The van der Waals surface area contributed by atoms with Crippen molar-refractivity contribution in [2.24, 2.45) is 3.79 Å². The summed E-state index contributed by atoms with van der Waals surface area (Å²) in [4.78, 5) is 0. The average molecular weight is 184 g/mol. The van der Waals surface area contributed by atoms with Gasteiger partial charge < -0.3 is 0 Å². The van der Waals surface area contributed by atoms with Gasteiger partial charge in [-0.2, -0.15) is 0 Å². The van der Waals surface area contributed by atoms with Gasteiger partial charge in [-0.1, -0.05) is 0 Å². The van der Waals surface area contributed by atoms with Gasteiger partial charge in [-0.05, 0) is 0 Å². The third kappa shape index (κ3) is 1.79. The Morgan fingerprint density at radius 3 is 1.91 bits per heavy atom. The zero-order chi connectivity index (χ0) is 8.43. The number of hydrogen-bond acceptors (Lipinski definition) is 1. The van der Waals surface area contributed by atoms with Crippen molar-refractivity contribution in [3.63, 3.8) is 0 Å². The van der Waals surface area contributed by atoms with Crippen molar-refractivity contribution in [1.82, 2.24) is 0 Å². The molecule has 0 unspecified atom stereocenters. The zero-order valence-corrected chi connectivity index (χ0v) is 8.45. The summed E-state index contributed by atoms with van der Waals surface area (Å²) in [5.41, 5.74) is 4.92. The minimum absolute atomic E-state index is 1.11. The SMILES string of the molecule is Cc1cc(C)c([N]=[V+2])c(C)c1. The van der Waals surface area contributed by atoms with Crippen molar-refractivity contribution in [2.45, 2.75) is 20.8 Å². The van der Waals surface area contributed by atoms with Gasteiger partial charge in [-0.25, -0.2) is 0 Å². The summed E-state index contributed by atoms with van der Waals surface area (Å²) in [5.74, 6) is 0. The predicted molar refractivity (Wildman–Crippen MR) is 42.7 cm³/mol. The minimum atomic E-state index is 1.11. The molecule has 1 nitrogen and oxygen atoms in total. The Labute approximate surface area is 76.6 Å². The van der Waals surface area contributed by atoms with Gasteiger partial charge in [-0.3, -0.25) is 0 Å². The van der Waals surface area contributed by atoms with Crippen LogP contribution in [0.2, 0.25) is 0 Å². The third-order valence-electron chi connectivity index (χ3n) is 1.74. The van der Waals surface area contributed by atoms with Crippen LogP contribution in [0, 0.1) is 20.8 Å². The fourth-order valence-corrected chi connectivity index (χ4v) is 1.82. The number of rotatable bonds is 1. The summed E-state index contributed by atoms with van der Waals surface area (Å²) in [6.07, 6.45) is 0. The number of nitrogens with zero attached hydrogens (tertiary/aromatic N) is 1. The fraction of sp³-hybridized carbons (Fsp3) is 0.333. The van der Waals surface area contributed by atoms with Gasteiger partial charge in [0.05, 0.1) is 0 Å². The molecule has 0 heterocycles. The molecular weight excluding hydrogens is 173 g/mol. The Hall–Kier alpha value is -0.396. The van der Waals surface area contributed by atoms with Crippen molar-refractivity contribution in [3.05, 3.63) is 28.8 Å². The Bertz CT molecular complexity index is 269. The van der Waals surface area contributed by atoms with Crippen LogP contribution >= 0.6 is 0 Å². The summed E-state index contributed by atoms with van der Waals surface area (Å²) in [5, 5.41) is 0.